The minimum Gasteiger partial charge on any atom is -0.493 e. The van der Waals surface area contributed by atoms with Crippen LogP contribution in [-0.2, 0) is 4.79 Å². The molecule has 10 heteroatoms. The van der Waals surface area contributed by atoms with Crippen LogP contribution in [0.25, 0.3) is 0 Å². The number of hydrazine groups is 1. The Morgan fingerprint density at radius 1 is 1.27 bits per heavy atom. The van der Waals surface area contributed by atoms with Crippen molar-refractivity contribution in [2.45, 2.75) is 5.37 Å². The normalized spacial score (nSPS) is 16.5. The van der Waals surface area contributed by atoms with Crippen LogP contribution in [0.1, 0.15) is 21.4 Å². The van der Waals surface area contributed by atoms with Gasteiger partial charge in [-0.2, -0.15) is 0 Å². The highest BCUT2D eigenvalue weighted by molar-refractivity contribution is 8.00. The van der Waals surface area contributed by atoms with Crippen LogP contribution in [0.3, 0.4) is 0 Å². The third-order valence-electron chi connectivity index (χ3n) is 3.72. The fourth-order valence-electron chi connectivity index (χ4n) is 2.48. The molecule has 1 aromatic carbocycles. The first kappa shape index (κ1) is 17.8. The number of nitrogens with one attached hydrogen (secondary N) is 1. The van der Waals surface area contributed by atoms with Gasteiger partial charge in [0.05, 0.1) is 20.0 Å². The first-order chi connectivity index (χ1) is 12.5. The summed E-state index contributed by atoms with van der Waals surface area (Å²) in [5, 5.41) is 0.853. The van der Waals surface area contributed by atoms with Gasteiger partial charge in [0.25, 0.3) is 11.8 Å². The van der Waals surface area contributed by atoms with E-state index in [1.165, 1.54) is 36.3 Å². The number of hydrogen-bond acceptors (Lipinski definition) is 8. The smallest absolute Gasteiger partial charge is 0.292 e. The number of hydrogen-bond donors (Lipinski definition) is 2. The van der Waals surface area contributed by atoms with E-state index in [1.807, 2.05) is 6.07 Å². The number of methoxy groups -OCH3 is 2. The number of rotatable bonds is 5. The number of amides is 2. The molecule has 3 N–H and O–H groups in total. The predicted molar refractivity (Wildman–Crippen MR) is 95.5 cm³/mol. The van der Waals surface area contributed by atoms with Crippen molar-refractivity contribution in [3.05, 3.63) is 41.9 Å². The molecule has 1 aliphatic heterocycles. The zero-order valence-electron chi connectivity index (χ0n) is 14.1. The summed E-state index contributed by atoms with van der Waals surface area (Å²) in [6, 6.07) is 5.33. The highest BCUT2D eigenvalue weighted by atomic mass is 32.2. The highest BCUT2D eigenvalue weighted by Gasteiger charge is 2.35. The molecule has 0 radical (unpaired) electrons. The van der Waals surface area contributed by atoms with E-state index in [0.29, 0.717) is 11.5 Å². The molecular formula is C16H17N5O4S. The molecule has 1 saturated heterocycles. The maximum Gasteiger partial charge on any atom is 0.292 e. The molecule has 2 amide bonds. The van der Waals surface area contributed by atoms with Crippen LogP contribution in [0, 0.1) is 0 Å². The fourth-order valence-corrected chi connectivity index (χ4v) is 3.58. The molecule has 0 aliphatic carbocycles. The molecule has 0 spiro atoms. The first-order valence-electron chi connectivity index (χ1n) is 7.58. The molecule has 26 heavy (non-hydrogen) atoms. The SMILES string of the molecule is COc1ccc([C@H]2SCC(=O)N2NC(=O)c2nccnc2N)cc1OC. The topological polar surface area (TPSA) is 120 Å². The van der Waals surface area contributed by atoms with Crippen molar-refractivity contribution in [2.24, 2.45) is 0 Å². The zero-order valence-corrected chi connectivity index (χ0v) is 14.9. The Kier molecular flexibility index (Phi) is 5.12. The molecule has 136 valence electrons. The van der Waals surface area contributed by atoms with Gasteiger partial charge >= 0.3 is 0 Å². The van der Waals surface area contributed by atoms with Crippen LogP contribution in [0.5, 0.6) is 11.5 Å². The van der Waals surface area contributed by atoms with Crippen molar-refractivity contribution in [1.29, 1.82) is 0 Å². The van der Waals surface area contributed by atoms with Gasteiger partial charge in [-0.3, -0.25) is 15.0 Å². The average Bonchev–Trinajstić information content (AvgIpc) is 3.02. The third kappa shape index (κ3) is 3.36. The van der Waals surface area contributed by atoms with Crippen LogP contribution < -0.4 is 20.6 Å². The Bertz CT molecular complexity index is 847. The lowest BCUT2D eigenvalue weighted by molar-refractivity contribution is -0.130. The Hall–Kier alpha value is -3.01. The molecule has 2 heterocycles. The lowest BCUT2D eigenvalue weighted by atomic mass is 10.2. The summed E-state index contributed by atoms with van der Waals surface area (Å²) in [6.45, 7) is 0. The van der Waals surface area contributed by atoms with E-state index in [-0.39, 0.29) is 23.2 Å². The number of ether oxygens (including phenoxy) is 2. The van der Waals surface area contributed by atoms with E-state index in [1.54, 1.807) is 19.2 Å². The Morgan fingerprint density at radius 2 is 2.00 bits per heavy atom. The second-order valence-corrected chi connectivity index (χ2v) is 6.34. The van der Waals surface area contributed by atoms with Gasteiger partial charge in [0, 0.05) is 12.4 Å². The molecule has 1 aliphatic rings. The Balaban J connectivity index is 1.85. The van der Waals surface area contributed by atoms with E-state index in [2.05, 4.69) is 15.4 Å². The van der Waals surface area contributed by atoms with E-state index in [0.717, 1.165) is 5.56 Å². The number of anilines is 1. The van der Waals surface area contributed by atoms with Gasteiger partial charge in [-0.1, -0.05) is 6.07 Å². The first-order valence-corrected chi connectivity index (χ1v) is 8.63. The van der Waals surface area contributed by atoms with Gasteiger partial charge in [-0.05, 0) is 17.7 Å². The monoisotopic (exact) mass is 375 g/mol. The van der Waals surface area contributed by atoms with Crippen LogP contribution >= 0.6 is 11.8 Å². The highest BCUT2D eigenvalue weighted by Crippen LogP contribution is 2.40. The van der Waals surface area contributed by atoms with Crippen LogP contribution in [0.4, 0.5) is 5.82 Å². The van der Waals surface area contributed by atoms with Crippen molar-refractivity contribution in [1.82, 2.24) is 20.4 Å². The second-order valence-electron chi connectivity index (χ2n) is 5.27. The number of carbonyl (C=O) groups excluding carboxylic acids is 2. The largest absolute Gasteiger partial charge is 0.493 e. The summed E-state index contributed by atoms with van der Waals surface area (Å²) in [7, 11) is 3.08. The van der Waals surface area contributed by atoms with Gasteiger partial charge in [0.2, 0.25) is 0 Å². The van der Waals surface area contributed by atoms with Crippen molar-refractivity contribution in [2.75, 3.05) is 25.7 Å². The zero-order chi connectivity index (χ0) is 18.7. The Morgan fingerprint density at radius 3 is 2.69 bits per heavy atom. The van der Waals surface area contributed by atoms with Crippen LogP contribution in [0.2, 0.25) is 0 Å². The molecule has 2 aromatic rings. The summed E-state index contributed by atoms with van der Waals surface area (Å²) in [5.41, 5.74) is 8.99. The summed E-state index contributed by atoms with van der Waals surface area (Å²) in [4.78, 5) is 32.4. The van der Waals surface area contributed by atoms with Gasteiger partial charge < -0.3 is 15.2 Å². The lowest BCUT2D eigenvalue weighted by Crippen LogP contribution is -2.45. The summed E-state index contributed by atoms with van der Waals surface area (Å²) in [6.07, 6.45) is 2.74. The fraction of sp³-hybridized carbons (Fsp3) is 0.250. The van der Waals surface area contributed by atoms with E-state index < -0.39 is 11.3 Å². The summed E-state index contributed by atoms with van der Waals surface area (Å²) >= 11 is 1.38. The molecule has 1 fully saturated rings. The number of aromatic nitrogens is 2. The average molecular weight is 375 g/mol. The maximum atomic E-state index is 12.4. The molecule has 0 bridgehead atoms. The number of carbonyl (C=O) groups is 2. The predicted octanol–water partition coefficient (Wildman–Crippen LogP) is 0.995. The molecule has 0 saturated carbocycles. The van der Waals surface area contributed by atoms with E-state index in [4.69, 9.17) is 15.2 Å². The van der Waals surface area contributed by atoms with Gasteiger partial charge in [0.15, 0.2) is 23.0 Å². The number of nitrogen functional groups attached to an aromatic ring is 1. The number of nitrogens with two attached hydrogens (primary N) is 1. The second kappa shape index (κ2) is 7.48. The minimum absolute atomic E-state index is 0.00744. The Labute approximate surface area is 153 Å². The van der Waals surface area contributed by atoms with Gasteiger partial charge in [-0.25, -0.2) is 15.0 Å². The van der Waals surface area contributed by atoms with Crippen LogP contribution in [0.15, 0.2) is 30.6 Å². The van der Waals surface area contributed by atoms with E-state index in [9.17, 15) is 9.59 Å². The van der Waals surface area contributed by atoms with Crippen molar-refractivity contribution in [3.63, 3.8) is 0 Å². The summed E-state index contributed by atoms with van der Waals surface area (Å²) < 4.78 is 10.5. The van der Waals surface area contributed by atoms with Crippen molar-refractivity contribution < 1.29 is 19.1 Å². The quantitative estimate of drug-likeness (QED) is 0.794. The number of benzene rings is 1. The van der Waals surface area contributed by atoms with E-state index >= 15 is 0 Å². The molecule has 3 rings (SSSR count). The summed E-state index contributed by atoms with van der Waals surface area (Å²) in [5.74, 6) is 0.507. The minimum atomic E-state index is -0.600. The molecular weight excluding hydrogens is 358 g/mol. The van der Waals surface area contributed by atoms with Crippen molar-refractivity contribution >= 4 is 29.4 Å². The van der Waals surface area contributed by atoms with Gasteiger partial charge in [-0.15, -0.1) is 11.8 Å². The van der Waals surface area contributed by atoms with Gasteiger partial charge in [0.1, 0.15) is 5.37 Å². The van der Waals surface area contributed by atoms with Crippen molar-refractivity contribution in [3.8, 4) is 11.5 Å². The molecule has 0 unspecified atom stereocenters. The number of nitrogens with zero attached hydrogens (tertiary/aromatic N) is 3. The standard InChI is InChI=1S/C16H17N5O4S/c1-24-10-4-3-9(7-11(10)25-2)16-21(12(22)8-26-16)20-15(23)13-14(17)19-6-5-18-13/h3-7,16H,8H2,1-2H3,(H2,17,19)(H,20,23)/t16-/m1/s1. The molecule has 9 nitrogen and oxygen atoms in total. The molecule has 1 aromatic heterocycles. The molecule has 1 atom stereocenters. The van der Waals surface area contributed by atoms with Crippen LogP contribution in [-0.4, -0.2) is 46.8 Å². The number of thioether (sulfide) groups is 1. The third-order valence-corrected chi connectivity index (χ3v) is 4.94. The maximum absolute atomic E-state index is 12.4. The lowest BCUT2D eigenvalue weighted by Gasteiger charge is -2.25.